The molecule has 1 nitrogen and oxygen atoms in total. The molecular formula is C13H14FN. The molecule has 2 heteroatoms. The molecule has 0 spiro atoms. The smallest absolute Gasteiger partial charge is 0.147 e. The van der Waals surface area contributed by atoms with E-state index in [9.17, 15) is 4.39 Å². The summed E-state index contributed by atoms with van der Waals surface area (Å²) in [5.74, 6) is 0.680. The Morgan fingerprint density at radius 1 is 1.33 bits per heavy atom. The standard InChI is InChI=1S/C13H14FN/c14-12-6-2-5-11-10(8-15-13(11)12)7-9-3-1-4-9/h2,5-6,8-9,15H,1,3-4,7H2. The average Bonchev–Trinajstić information content (AvgIpc) is 2.56. The van der Waals surface area contributed by atoms with Gasteiger partial charge in [-0.05, 0) is 24.0 Å². The summed E-state index contributed by atoms with van der Waals surface area (Å²) in [5.41, 5.74) is 1.93. The van der Waals surface area contributed by atoms with Crippen LogP contribution in [0.4, 0.5) is 4.39 Å². The number of nitrogens with one attached hydrogen (secondary N) is 1. The molecule has 0 saturated heterocycles. The first-order valence-corrected chi connectivity index (χ1v) is 5.59. The van der Waals surface area contributed by atoms with E-state index in [2.05, 4.69) is 4.98 Å². The molecule has 0 unspecified atom stereocenters. The second-order valence-corrected chi connectivity index (χ2v) is 4.48. The highest BCUT2D eigenvalue weighted by atomic mass is 19.1. The van der Waals surface area contributed by atoms with Crippen LogP contribution in [0.15, 0.2) is 24.4 Å². The molecule has 1 aromatic heterocycles. The van der Waals surface area contributed by atoms with Crippen molar-refractivity contribution in [3.05, 3.63) is 35.8 Å². The molecule has 1 fully saturated rings. The maximum absolute atomic E-state index is 13.4. The predicted octanol–water partition coefficient (Wildman–Crippen LogP) is 3.65. The molecular weight excluding hydrogens is 189 g/mol. The van der Waals surface area contributed by atoms with Crippen molar-refractivity contribution < 1.29 is 4.39 Å². The zero-order valence-electron chi connectivity index (χ0n) is 8.59. The van der Waals surface area contributed by atoms with E-state index in [-0.39, 0.29) is 5.82 Å². The number of hydrogen-bond acceptors (Lipinski definition) is 0. The van der Waals surface area contributed by atoms with Crippen molar-refractivity contribution in [1.29, 1.82) is 0 Å². The quantitative estimate of drug-likeness (QED) is 0.766. The van der Waals surface area contributed by atoms with Gasteiger partial charge in [-0.1, -0.05) is 31.4 Å². The van der Waals surface area contributed by atoms with Gasteiger partial charge in [0.25, 0.3) is 0 Å². The van der Waals surface area contributed by atoms with Gasteiger partial charge in [0.2, 0.25) is 0 Å². The maximum Gasteiger partial charge on any atom is 0.147 e. The van der Waals surface area contributed by atoms with Gasteiger partial charge in [0, 0.05) is 11.6 Å². The Labute approximate surface area is 88.3 Å². The van der Waals surface area contributed by atoms with Crippen LogP contribution < -0.4 is 0 Å². The van der Waals surface area contributed by atoms with Crippen LogP contribution in [0, 0.1) is 11.7 Å². The van der Waals surface area contributed by atoms with E-state index in [4.69, 9.17) is 0 Å². The van der Waals surface area contributed by atoms with Crippen LogP contribution in [0.3, 0.4) is 0 Å². The molecule has 1 aromatic carbocycles. The molecule has 1 aliphatic carbocycles. The van der Waals surface area contributed by atoms with Crippen LogP contribution in [-0.2, 0) is 6.42 Å². The first-order chi connectivity index (χ1) is 7.34. The molecule has 1 heterocycles. The average molecular weight is 203 g/mol. The molecule has 15 heavy (non-hydrogen) atoms. The fourth-order valence-electron chi connectivity index (χ4n) is 2.35. The Kier molecular flexibility index (Phi) is 2.01. The maximum atomic E-state index is 13.4. The van der Waals surface area contributed by atoms with E-state index in [1.807, 2.05) is 12.3 Å². The first kappa shape index (κ1) is 8.96. The Balaban J connectivity index is 2.00. The summed E-state index contributed by atoms with van der Waals surface area (Å²) in [5, 5.41) is 1.06. The van der Waals surface area contributed by atoms with Crippen molar-refractivity contribution in [2.75, 3.05) is 0 Å². The summed E-state index contributed by atoms with van der Waals surface area (Å²) in [4.78, 5) is 3.03. The predicted molar refractivity (Wildman–Crippen MR) is 59.3 cm³/mol. The summed E-state index contributed by atoms with van der Waals surface area (Å²) in [7, 11) is 0. The summed E-state index contributed by atoms with van der Waals surface area (Å²) < 4.78 is 13.4. The normalized spacial score (nSPS) is 16.9. The molecule has 3 rings (SSSR count). The number of aromatic amines is 1. The van der Waals surface area contributed by atoms with Gasteiger partial charge in [0.1, 0.15) is 5.82 Å². The highest BCUT2D eigenvalue weighted by Crippen LogP contribution is 2.32. The molecule has 1 saturated carbocycles. The lowest BCUT2D eigenvalue weighted by atomic mass is 9.81. The van der Waals surface area contributed by atoms with E-state index >= 15 is 0 Å². The number of hydrogen-bond donors (Lipinski definition) is 1. The minimum Gasteiger partial charge on any atom is -0.359 e. The van der Waals surface area contributed by atoms with Crippen molar-refractivity contribution in [3.8, 4) is 0 Å². The number of H-pyrrole nitrogens is 1. The van der Waals surface area contributed by atoms with Crippen LogP contribution in [0.25, 0.3) is 10.9 Å². The summed E-state index contributed by atoms with van der Waals surface area (Å²) in [6.45, 7) is 0. The van der Waals surface area contributed by atoms with Gasteiger partial charge in [0.15, 0.2) is 0 Å². The summed E-state index contributed by atoms with van der Waals surface area (Å²) in [6.07, 6.45) is 7.10. The van der Waals surface area contributed by atoms with Crippen LogP contribution in [0.1, 0.15) is 24.8 Å². The van der Waals surface area contributed by atoms with Gasteiger partial charge in [0.05, 0.1) is 5.52 Å². The van der Waals surface area contributed by atoms with Crippen molar-refractivity contribution in [1.82, 2.24) is 4.98 Å². The van der Waals surface area contributed by atoms with E-state index in [0.29, 0.717) is 5.52 Å². The molecule has 2 aromatic rings. The molecule has 0 bridgehead atoms. The van der Waals surface area contributed by atoms with E-state index in [1.165, 1.54) is 30.9 Å². The van der Waals surface area contributed by atoms with Crippen molar-refractivity contribution >= 4 is 10.9 Å². The number of benzene rings is 1. The third-order valence-electron chi connectivity index (χ3n) is 3.48. The number of fused-ring (bicyclic) bond motifs is 1. The number of aromatic nitrogens is 1. The highest BCUT2D eigenvalue weighted by Gasteiger charge is 2.19. The fraction of sp³-hybridized carbons (Fsp3) is 0.385. The van der Waals surface area contributed by atoms with Gasteiger partial charge in [-0.2, -0.15) is 0 Å². The zero-order chi connectivity index (χ0) is 10.3. The lowest BCUT2D eigenvalue weighted by Crippen LogP contribution is -2.13. The Morgan fingerprint density at radius 3 is 2.93 bits per heavy atom. The third-order valence-corrected chi connectivity index (χ3v) is 3.48. The van der Waals surface area contributed by atoms with Crippen molar-refractivity contribution in [2.45, 2.75) is 25.7 Å². The van der Waals surface area contributed by atoms with Gasteiger partial charge < -0.3 is 4.98 Å². The number of rotatable bonds is 2. The molecule has 0 atom stereocenters. The molecule has 0 aliphatic heterocycles. The van der Waals surface area contributed by atoms with Gasteiger partial charge in [-0.3, -0.25) is 0 Å². The molecule has 0 amide bonds. The second kappa shape index (κ2) is 3.37. The Bertz CT molecular complexity index is 482. The molecule has 1 N–H and O–H groups in total. The number of para-hydroxylation sites is 1. The van der Waals surface area contributed by atoms with Gasteiger partial charge in [-0.15, -0.1) is 0 Å². The fourth-order valence-corrected chi connectivity index (χ4v) is 2.35. The van der Waals surface area contributed by atoms with E-state index < -0.39 is 0 Å². The minimum absolute atomic E-state index is 0.146. The van der Waals surface area contributed by atoms with Gasteiger partial charge in [-0.25, -0.2) is 4.39 Å². The van der Waals surface area contributed by atoms with Crippen LogP contribution >= 0.6 is 0 Å². The monoisotopic (exact) mass is 203 g/mol. The molecule has 1 aliphatic rings. The first-order valence-electron chi connectivity index (χ1n) is 5.59. The summed E-state index contributed by atoms with van der Waals surface area (Å²) >= 11 is 0. The molecule has 78 valence electrons. The Hall–Kier alpha value is -1.31. The van der Waals surface area contributed by atoms with Crippen molar-refractivity contribution in [2.24, 2.45) is 5.92 Å². The van der Waals surface area contributed by atoms with Crippen LogP contribution in [0.5, 0.6) is 0 Å². The van der Waals surface area contributed by atoms with E-state index in [1.54, 1.807) is 6.07 Å². The van der Waals surface area contributed by atoms with Crippen molar-refractivity contribution in [3.63, 3.8) is 0 Å². The highest BCUT2D eigenvalue weighted by molar-refractivity contribution is 5.83. The number of halogens is 1. The van der Waals surface area contributed by atoms with E-state index in [0.717, 1.165) is 17.7 Å². The molecule has 0 radical (unpaired) electrons. The largest absolute Gasteiger partial charge is 0.359 e. The topological polar surface area (TPSA) is 15.8 Å². The van der Waals surface area contributed by atoms with Crippen LogP contribution in [-0.4, -0.2) is 4.98 Å². The van der Waals surface area contributed by atoms with Crippen LogP contribution in [0.2, 0.25) is 0 Å². The van der Waals surface area contributed by atoms with Gasteiger partial charge >= 0.3 is 0 Å². The lowest BCUT2D eigenvalue weighted by molar-refractivity contribution is 0.315. The zero-order valence-corrected chi connectivity index (χ0v) is 8.59. The minimum atomic E-state index is -0.146. The second-order valence-electron chi connectivity index (χ2n) is 4.48. The third kappa shape index (κ3) is 1.44. The summed E-state index contributed by atoms with van der Waals surface area (Å²) in [6, 6.07) is 5.30. The lowest BCUT2D eigenvalue weighted by Gasteiger charge is -2.24. The SMILES string of the molecule is Fc1cccc2c(CC3CCC3)c[nH]c12. The Morgan fingerprint density at radius 2 is 2.20 bits per heavy atom.